The number of halogens is 3. The highest BCUT2D eigenvalue weighted by Crippen LogP contribution is 2.27. The maximum absolute atomic E-state index is 11.6. The van der Waals surface area contributed by atoms with E-state index >= 15 is 0 Å². The van der Waals surface area contributed by atoms with E-state index in [4.69, 9.17) is 39.5 Å². The summed E-state index contributed by atoms with van der Waals surface area (Å²) in [7, 11) is 3.45. The van der Waals surface area contributed by atoms with E-state index in [0.717, 1.165) is 6.08 Å². The summed E-state index contributed by atoms with van der Waals surface area (Å²) in [6.07, 6.45) is 3.78. The molecule has 7 heteroatoms. The molecule has 0 aliphatic rings. The van der Waals surface area contributed by atoms with Crippen LogP contribution in [0.25, 0.3) is 0 Å². The monoisotopic (exact) mass is 313 g/mol. The van der Waals surface area contributed by atoms with E-state index in [2.05, 4.69) is 0 Å². The Labute approximate surface area is 121 Å². The van der Waals surface area contributed by atoms with Gasteiger partial charge in [-0.3, -0.25) is 4.79 Å². The largest absolute Gasteiger partial charge is 0.462 e. The quantitative estimate of drug-likeness (QED) is 0.338. The molecule has 0 bridgehead atoms. The number of rotatable bonds is 5. The van der Waals surface area contributed by atoms with Crippen LogP contribution in [0.5, 0.6) is 0 Å². The number of alkyl halides is 3. The second-order valence-corrected chi connectivity index (χ2v) is 5.75. The van der Waals surface area contributed by atoms with E-state index < -0.39 is 15.5 Å². The number of hydrogen-bond donors (Lipinski definition) is 0. The van der Waals surface area contributed by atoms with E-state index in [-0.39, 0.29) is 12.2 Å². The molecule has 18 heavy (non-hydrogen) atoms. The molecule has 0 heterocycles. The normalized spacial score (nSPS) is 12.7. The van der Waals surface area contributed by atoms with Gasteiger partial charge in [0.1, 0.15) is 0 Å². The average molecular weight is 315 g/mol. The number of ether oxygens (including phenoxy) is 1. The summed E-state index contributed by atoms with van der Waals surface area (Å²) in [4.78, 5) is 24.6. The molecule has 0 saturated heterocycles. The first-order valence-corrected chi connectivity index (χ1v) is 6.16. The molecule has 0 aliphatic heterocycles. The van der Waals surface area contributed by atoms with Crippen LogP contribution >= 0.6 is 34.8 Å². The van der Waals surface area contributed by atoms with Crippen LogP contribution in [0.15, 0.2) is 23.9 Å². The maximum atomic E-state index is 11.6. The SMILES string of the molecule is CCOC(=O)C(/C=C/C(=O)C(Cl)(Cl)Cl)=C/N(C)C. The van der Waals surface area contributed by atoms with E-state index in [1.54, 1.807) is 25.9 Å². The molecular formula is C11H14Cl3NO3. The van der Waals surface area contributed by atoms with Crippen molar-refractivity contribution in [3.05, 3.63) is 23.9 Å². The highest BCUT2D eigenvalue weighted by Gasteiger charge is 2.28. The van der Waals surface area contributed by atoms with Crippen molar-refractivity contribution < 1.29 is 14.3 Å². The predicted octanol–water partition coefficient (Wildman–Crippen LogP) is 2.49. The Hall–Kier alpha value is -0.710. The minimum absolute atomic E-state index is 0.185. The predicted molar refractivity (Wildman–Crippen MR) is 72.8 cm³/mol. The summed E-state index contributed by atoms with van der Waals surface area (Å²) in [5, 5.41) is 0. The Morgan fingerprint density at radius 1 is 1.22 bits per heavy atom. The highest BCUT2D eigenvalue weighted by atomic mass is 35.6. The lowest BCUT2D eigenvalue weighted by Crippen LogP contribution is -2.16. The summed E-state index contributed by atoms with van der Waals surface area (Å²) in [5.74, 6) is -1.29. The van der Waals surface area contributed by atoms with Gasteiger partial charge in [0.25, 0.3) is 3.79 Å². The Balaban J connectivity index is 4.98. The summed E-state index contributed by atoms with van der Waals surface area (Å²) in [6, 6.07) is 0. The summed E-state index contributed by atoms with van der Waals surface area (Å²) in [5.41, 5.74) is 0.185. The minimum atomic E-state index is -2.03. The van der Waals surface area contributed by atoms with Crippen LogP contribution in [0.1, 0.15) is 6.92 Å². The molecule has 0 N–H and O–H groups in total. The molecule has 0 radical (unpaired) electrons. The lowest BCUT2D eigenvalue weighted by molar-refractivity contribution is -0.138. The van der Waals surface area contributed by atoms with Crippen LogP contribution in [-0.4, -0.2) is 41.1 Å². The van der Waals surface area contributed by atoms with Crippen LogP contribution in [0.3, 0.4) is 0 Å². The van der Waals surface area contributed by atoms with Gasteiger partial charge in [-0.05, 0) is 19.1 Å². The second-order valence-electron chi connectivity index (χ2n) is 3.46. The van der Waals surface area contributed by atoms with Crippen molar-refractivity contribution in [1.29, 1.82) is 0 Å². The zero-order valence-corrected chi connectivity index (χ0v) is 12.5. The van der Waals surface area contributed by atoms with Crippen LogP contribution < -0.4 is 0 Å². The van der Waals surface area contributed by atoms with Crippen molar-refractivity contribution in [2.75, 3.05) is 20.7 Å². The Bertz CT molecular complexity index is 370. The number of carbonyl (C=O) groups excluding carboxylic acids is 2. The molecule has 4 nitrogen and oxygen atoms in total. The molecule has 0 aromatic rings. The fourth-order valence-corrected chi connectivity index (χ4v) is 1.11. The smallest absolute Gasteiger partial charge is 0.339 e. The molecule has 0 amide bonds. The van der Waals surface area contributed by atoms with Crippen LogP contribution in [0, 0.1) is 0 Å². The van der Waals surface area contributed by atoms with E-state index in [0.29, 0.717) is 0 Å². The number of ketones is 1. The zero-order valence-electron chi connectivity index (χ0n) is 10.2. The Morgan fingerprint density at radius 2 is 1.78 bits per heavy atom. The number of hydrogen-bond acceptors (Lipinski definition) is 4. The van der Waals surface area contributed by atoms with Gasteiger partial charge in [0.15, 0.2) is 0 Å². The van der Waals surface area contributed by atoms with Crippen molar-refractivity contribution in [2.24, 2.45) is 0 Å². The van der Waals surface area contributed by atoms with Gasteiger partial charge in [0, 0.05) is 20.3 Å². The summed E-state index contributed by atoms with van der Waals surface area (Å²) in [6.45, 7) is 1.91. The van der Waals surface area contributed by atoms with Crippen LogP contribution in [-0.2, 0) is 14.3 Å². The third kappa shape index (κ3) is 6.89. The van der Waals surface area contributed by atoms with Gasteiger partial charge in [0.2, 0.25) is 5.78 Å². The topological polar surface area (TPSA) is 46.6 Å². The number of nitrogens with zero attached hydrogens (tertiary/aromatic N) is 1. The Morgan fingerprint density at radius 3 is 2.17 bits per heavy atom. The van der Waals surface area contributed by atoms with Gasteiger partial charge in [-0.25, -0.2) is 4.79 Å². The highest BCUT2D eigenvalue weighted by molar-refractivity contribution is 6.77. The van der Waals surface area contributed by atoms with Crippen LogP contribution in [0.2, 0.25) is 0 Å². The molecule has 0 aliphatic carbocycles. The van der Waals surface area contributed by atoms with Crippen molar-refractivity contribution >= 4 is 46.6 Å². The first-order chi connectivity index (χ1) is 8.18. The molecular weight excluding hydrogens is 300 g/mol. The molecule has 0 aromatic carbocycles. The maximum Gasteiger partial charge on any atom is 0.339 e. The van der Waals surface area contributed by atoms with Gasteiger partial charge < -0.3 is 9.64 Å². The Kier molecular flexibility index (Phi) is 7.36. The van der Waals surface area contributed by atoms with Gasteiger partial charge >= 0.3 is 5.97 Å². The summed E-state index contributed by atoms with van der Waals surface area (Å²) >= 11 is 16.2. The fraction of sp³-hybridized carbons (Fsp3) is 0.455. The molecule has 0 spiro atoms. The molecule has 0 unspecified atom stereocenters. The van der Waals surface area contributed by atoms with Crippen molar-refractivity contribution in [3.63, 3.8) is 0 Å². The number of esters is 1. The third-order valence-electron chi connectivity index (χ3n) is 1.60. The van der Waals surface area contributed by atoms with E-state index in [1.165, 1.54) is 12.3 Å². The lowest BCUT2D eigenvalue weighted by Gasteiger charge is -2.09. The minimum Gasteiger partial charge on any atom is -0.462 e. The van der Waals surface area contributed by atoms with E-state index in [9.17, 15) is 9.59 Å². The second kappa shape index (κ2) is 7.67. The number of carbonyl (C=O) groups is 2. The van der Waals surface area contributed by atoms with Gasteiger partial charge in [-0.1, -0.05) is 34.8 Å². The van der Waals surface area contributed by atoms with Gasteiger partial charge in [-0.15, -0.1) is 0 Å². The van der Waals surface area contributed by atoms with Crippen molar-refractivity contribution in [3.8, 4) is 0 Å². The molecule has 0 atom stereocenters. The summed E-state index contributed by atoms with van der Waals surface area (Å²) < 4.78 is 2.79. The average Bonchev–Trinajstić information content (AvgIpc) is 2.22. The van der Waals surface area contributed by atoms with Gasteiger partial charge in [0.05, 0.1) is 12.2 Å². The standard InChI is InChI=1S/C11H14Cl3NO3/c1-4-18-10(17)8(7-15(2)3)5-6-9(16)11(12,13)14/h5-7H,4H2,1-3H3/b6-5+,8-7+. The van der Waals surface area contributed by atoms with Crippen LogP contribution in [0.4, 0.5) is 0 Å². The first kappa shape index (κ1) is 17.3. The third-order valence-corrected chi connectivity index (χ3v) is 2.16. The lowest BCUT2D eigenvalue weighted by atomic mass is 10.2. The zero-order chi connectivity index (χ0) is 14.3. The van der Waals surface area contributed by atoms with Crippen molar-refractivity contribution in [2.45, 2.75) is 10.7 Å². The van der Waals surface area contributed by atoms with Gasteiger partial charge in [-0.2, -0.15) is 0 Å². The first-order valence-electron chi connectivity index (χ1n) is 5.03. The van der Waals surface area contributed by atoms with E-state index in [1.807, 2.05) is 0 Å². The molecule has 0 fully saturated rings. The molecule has 0 rings (SSSR count). The number of allylic oxidation sites excluding steroid dienone is 1. The fourth-order valence-electron chi connectivity index (χ4n) is 0.916. The molecule has 0 aromatic heterocycles. The molecule has 102 valence electrons. The van der Waals surface area contributed by atoms with Crippen molar-refractivity contribution in [1.82, 2.24) is 4.90 Å². The molecule has 0 saturated carbocycles.